The molecular formula is C14H15N3O3S. The summed E-state index contributed by atoms with van der Waals surface area (Å²) >= 11 is 1.66. The van der Waals surface area contributed by atoms with Gasteiger partial charge in [-0.15, -0.1) is 10.2 Å². The van der Waals surface area contributed by atoms with Crippen LogP contribution in [-0.4, -0.2) is 50.3 Å². The highest BCUT2D eigenvalue weighted by atomic mass is 32.2. The fourth-order valence-corrected chi connectivity index (χ4v) is 3.35. The maximum atomic E-state index is 11.3. The molecule has 1 unspecified atom stereocenters. The molecule has 2 aromatic rings. The van der Waals surface area contributed by atoms with Crippen LogP contribution < -0.4 is 0 Å². The van der Waals surface area contributed by atoms with E-state index in [1.54, 1.807) is 11.8 Å². The molecule has 0 bridgehead atoms. The zero-order chi connectivity index (χ0) is 14.7. The van der Waals surface area contributed by atoms with Crippen molar-refractivity contribution in [3.05, 3.63) is 36.2 Å². The third kappa shape index (κ3) is 3.25. The summed E-state index contributed by atoms with van der Waals surface area (Å²) in [7, 11) is 0. The number of carboxylic acids is 1. The first-order valence-corrected chi connectivity index (χ1v) is 7.82. The zero-order valence-corrected chi connectivity index (χ0v) is 12.1. The van der Waals surface area contributed by atoms with Gasteiger partial charge < -0.3 is 9.52 Å². The Balaban J connectivity index is 1.73. The van der Waals surface area contributed by atoms with Gasteiger partial charge >= 0.3 is 5.97 Å². The van der Waals surface area contributed by atoms with Gasteiger partial charge in [0.15, 0.2) is 0 Å². The number of aromatic nitrogens is 2. The van der Waals surface area contributed by atoms with Crippen LogP contribution in [0.2, 0.25) is 0 Å². The van der Waals surface area contributed by atoms with Crippen molar-refractivity contribution in [2.75, 3.05) is 18.1 Å². The molecule has 0 radical (unpaired) electrons. The summed E-state index contributed by atoms with van der Waals surface area (Å²) in [4.78, 5) is 13.1. The third-order valence-corrected chi connectivity index (χ3v) is 4.37. The summed E-state index contributed by atoms with van der Waals surface area (Å²) < 4.78 is 5.64. The molecule has 1 aliphatic heterocycles. The first-order chi connectivity index (χ1) is 10.2. The molecule has 110 valence electrons. The smallest absolute Gasteiger partial charge is 0.321 e. The van der Waals surface area contributed by atoms with E-state index in [9.17, 15) is 9.90 Å². The van der Waals surface area contributed by atoms with E-state index in [1.807, 2.05) is 35.2 Å². The average Bonchev–Trinajstić information content (AvgIpc) is 2.97. The van der Waals surface area contributed by atoms with E-state index < -0.39 is 12.0 Å². The average molecular weight is 305 g/mol. The van der Waals surface area contributed by atoms with E-state index in [2.05, 4.69) is 10.2 Å². The lowest BCUT2D eigenvalue weighted by Gasteiger charge is -2.31. The molecule has 0 spiro atoms. The normalized spacial score (nSPS) is 19.5. The fourth-order valence-electron chi connectivity index (χ4n) is 2.24. The van der Waals surface area contributed by atoms with Crippen LogP contribution in [0.25, 0.3) is 11.5 Å². The van der Waals surface area contributed by atoms with E-state index >= 15 is 0 Å². The SMILES string of the molecule is O=C(O)C1CSCCN1Cc1nnc(-c2ccccc2)o1. The summed E-state index contributed by atoms with van der Waals surface area (Å²) in [6.07, 6.45) is 0. The number of thioether (sulfide) groups is 1. The van der Waals surface area contributed by atoms with Gasteiger partial charge in [0.25, 0.3) is 0 Å². The van der Waals surface area contributed by atoms with E-state index in [0.717, 1.165) is 11.3 Å². The van der Waals surface area contributed by atoms with Crippen LogP contribution in [0.4, 0.5) is 0 Å². The Bertz CT molecular complexity index is 617. The van der Waals surface area contributed by atoms with Crippen LogP contribution in [0.3, 0.4) is 0 Å². The van der Waals surface area contributed by atoms with Gasteiger partial charge in [-0.25, -0.2) is 0 Å². The van der Waals surface area contributed by atoms with Gasteiger partial charge in [-0.3, -0.25) is 9.69 Å². The molecule has 7 heteroatoms. The van der Waals surface area contributed by atoms with Gasteiger partial charge in [-0.1, -0.05) is 18.2 Å². The topological polar surface area (TPSA) is 79.5 Å². The van der Waals surface area contributed by atoms with Crippen LogP contribution in [0.5, 0.6) is 0 Å². The Hall–Kier alpha value is -1.86. The largest absolute Gasteiger partial charge is 0.480 e. The monoisotopic (exact) mass is 305 g/mol. The molecule has 0 amide bonds. The molecule has 1 fully saturated rings. The van der Waals surface area contributed by atoms with Crippen molar-refractivity contribution >= 4 is 17.7 Å². The van der Waals surface area contributed by atoms with Gasteiger partial charge in [-0.2, -0.15) is 11.8 Å². The van der Waals surface area contributed by atoms with Gasteiger partial charge in [0.2, 0.25) is 11.8 Å². The third-order valence-electron chi connectivity index (χ3n) is 3.35. The van der Waals surface area contributed by atoms with Crippen molar-refractivity contribution in [1.29, 1.82) is 0 Å². The van der Waals surface area contributed by atoms with Crippen molar-refractivity contribution in [3.63, 3.8) is 0 Å². The summed E-state index contributed by atoms with van der Waals surface area (Å²) in [5.41, 5.74) is 0.861. The lowest BCUT2D eigenvalue weighted by atomic mass is 10.2. The molecule has 0 saturated carbocycles. The quantitative estimate of drug-likeness (QED) is 0.921. The number of nitrogens with zero attached hydrogens (tertiary/aromatic N) is 3. The van der Waals surface area contributed by atoms with Crippen LogP contribution in [0, 0.1) is 0 Å². The van der Waals surface area contributed by atoms with Crippen LogP contribution in [0.15, 0.2) is 34.7 Å². The minimum Gasteiger partial charge on any atom is -0.480 e. The first-order valence-electron chi connectivity index (χ1n) is 6.66. The Kier molecular flexibility index (Phi) is 4.21. The number of hydrogen-bond donors (Lipinski definition) is 1. The molecule has 6 nitrogen and oxygen atoms in total. The number of carboxylic acid groups (broad SMARTS) is 1. The van der Waals surface area contributed by atoms with Gasteiger partial charge in [0.1, 0.15) is 6.04 Å². The molecule has 0 aliphatic carbocycles. The summed E-state index contributed by atoms with van der Waals surface area (Å²) in [6.45, 7) is 1.09. The van der Waals surface area contributed by atoms with Gasteiger partial charge in [-0.05, 0) is 12.1 Å². The highest BCUT2D eigenvalue weighted by Gasteiger charge is 2.30. The molecular weight excluding hydrogens is 290 g/mol. The molecule has 1 aromatic carbocycles. The lowest BCUT2D eigenvalue weighted by molar-refractivity contribution is -0.142. The van der Waals surface area contributed by atoms with Crippen LogP contribution in [-0.2, 0) is 11.3 Å². The van der Waals surface area contributed by atoms with E-state index in [-0.39, 0.29) is 0 Å². The summed E-state index contributed by atoms with van der Waals surface area (Å²) in [5.74, 6) is 1.62. The fraction of sp³-hybridized carbons (Fsp3) is 0.357. The minimum atomic E-state index is -0.801. The highest BCUT2D eigenvalue weighted by Crippen LogP contribution is 2.21. The lowest BCUT2D eigenvalue weighted by Crippen LogP contribution is -2.46. The molecule has 1 saturated heterocycles. The van der Waals surface area contributed by atoms with Gasteiger partial charge in [0.05, 0.1) is 6.54 Å². The standard InChI is InChI=1S/C14H15N3O3S/c18-14(19)11-9-21-7-6-17(11)8-12-15-16-13(20-12)10-4-2-1-3-5-10/h1-5,11H,6-9H2,(H,18,19). The number of aliphatic carboxylic acids is 1. The zero-order valence-electron chi connectivity index (χ0n) is 11.3. The van der Waals surface area contributed by atoms with E-state index in [1.165, 1.54) is 0 Å². The molecule has 2 heterocycles. The Morgan fingerprint density at radius 2 is 2.19 bits per heavy atom. The van der Waals surface area contributed by atoms with Crippen molar-refractivity contribution in [3.8, 4) is 11.5 Å². The first kappa shape index (κ1) is 14.1. The number of benzene rings is 1. The van der Waals surface area contributed by atoms with Crippen molar-refractivity contribution < 1.29 is 14.3 Å². The van der Waals surface area contributed by atoms with Crippen LogP contribution in [0.1, 0.15) is 5.89 Å². The number of hydrogen-bond acceptors (Lipinski definition) is 6. The number of carbonyl (C=O) groups is 1. The Morgan fingerprint density at radius 3 is 2.95 bits per heavy atom. The Morgan fingerprint density at radius 1 is 1.38 bits per heavy atom. The van der Waals surface area contributed by atoms with Crippen molar-refractivity contribution in [2.24, 2.45) is 0 Å². The second kappa shape index (κ2) is 6.28. The van der Waals surface area contributed by atoms with Crippen LogP contribution >= 0.6 is 11.8 Å². The second-order valence-electron chi connectivity index (χ2n) is 4.77. The maximum Gasteiger partial charge on any atom is 0.321 e. The predicted octanol–water partition coefficient (Wildman–Crippen LogP) is 1.74. The maximum absolute atomic E-state index is 11.3. The number of rotatable bonds is 4. The molecule has 3 rings (SSSR count). The summed E-state index contributed by atoms with van der Waals surface area (Å²) in [6, 6.07) is 9.03. The molecule has 1 aromatic heterocycles. The molecule has 1 N–H and O–H groups in total. The highest BCUT2D eigenvalue weighted by molar-refractivity contribution is 7.99. The summed E-state index contributed by atoms with van der Waals surface area (Å²) in [5, 5.41) is 17.3. The van der Waals surface area contributed by atoms with E-state index in [0.29, 0.717) is 30.6 Å². The molecule has 1 aliphatic rings. The predicted molar refractivity (Wildman–Crippen MR) is 78.9 cm³/mol. The molecule has 21 heavy (non-hydrogen) atoms. The van der Waals surface area contributed by atoms with Crippen molar-refractivity contribution in [1.82, 2.24) is 15.1 Å². The second-order valence-corrected chi connectivity index (χ2v) is 5.92. The van der Waals surface area contributed by atoms with E-state index in [4.69, 9.17) is 4.42 Å². The van der Waals surface area contributed by atoms with Gasteiger partial charge in [0, 0.05) is 23.6 Å². The van der Waals surface area contributed by atoms with Crippen molar-refractivity contribution in [2.45, 2.75) is 12.6 Å². The minimum absolute atomic E-state index is 0.372. The molecule has 1 atom stereocenters. The Labute approximate surface area is 126 Å².